The maximum absolute atomic E-state index is 11.9. The van der Waals surface area contributed by atoms with Gasteiger partial charge in [-0.25, -0.2) is 0 Å². The second-order valence-electron chi connectivity index (χ2n) is 11.1. The Labute approximate surface area is 97.8 Å². The Balaban J connectivity index is 1.57. The molecule has 1 N–H and O–H groups in total. The Morgan fingerprint density at radius 1 is 1.05 bits per heavy atom. The average molecular weight is 296 g/mol. The van der Waals surface area contributed by atoms with Gasteiger partial charge in [0.25, 0.3) is 0 Å². The molecule has 4 unspecified atom stereocenters. The van der Waals surface area contributed by atoms with Gasteiger partial charge in [0.2, 0.25) is 0 Å². The van der Waals surface area contributed by atoms with Gasteiger partial charge < -0.3 is 0 Å². The van der Waals surface area contributed by atoms with Gasteiger partial charge >= 0.3 is 97.8 Å². The molecule has 4 atom stereocenters. The summed E-state index contributed by atoms with van der Waals surface area (Å²) < 4.78 is 6.20. The van der Waals surface area contributed by atoms with Crippen LogP contribution in [-0.4, -0.2) is 5.11 Å². The van der Waals surface area contributed by atoms with Gasteiger partial charge in [-0.05, 0) is 0 Å². The standard InChI is InChI=1S/C10H7O3.C5H5.Fe/c11-8-5-6-13-10(9(8)12)7-3-1-2-4-7;1-2-4-5-3-1;/h1-6,12H;1-5H;. The number of rotatable bonds is 1. The zero-order chi connectivity index (χ0) is 11.9. The van der Waals surface area contributed by atoms with Gasteiger partial charge in [0, 0.05) is 0 Å². The molecule has 98 valence electrons. The summed E-state index contributed by atoms with van der Waals surface area (Å²) >= 11 is 0. The predicted molar refractivity (Wildman–Crippen MR) is 62.1 cm³/mol. The molecule has 1 aromatic heterocycles. The van der Waals surface area contributed by atoms with Crippen molar-refractivity contribution in [3.05, 3.63) is 28.3 Å². The molecule has 19 heavy (non-hydrogen) atoms. The molecular weight excluding hydrogens is 284 g/mol. The summed E-state index contributed by atoms with van der Waals surface area (Å²) in [5.41, 5.74) is -0.211. The van der Waals surface area contributed by atoms with Crippen LogP contribution in [0.2, 0.25) is 43.3 Å². The van der Waals surface area contributed by atoms with E-state index < -0.39 is 6.51 Å². The average Bonchev–Trinajstić information content (AvgIpc) is 3.35. The number of hydrogen-bond donors (Lipinski definition) is 1. The van der Waals surface area contributed by atoms with E-state index in [2.05, 4.69) is 0 Å². The fourth-order valence-corrected chi connectivity index (χ4v) is 91.3. The Hall–Kier alpha value is -0.731. The van der Waals surface area contributed by atoms with Crippen LogP contribution in [0.5, 0.6) is 5.75 Å². The molecule has 0 aromatic carbocycles. The van der Waals surface area contributed by atoms with E-state index in [4.69, 9.17) is 4.42 Å². The summed E-state index contributed by atoms with van der Waals surface area (Å²) in [6.07, 6.45) is 1.55. The summed E-state index contributed by atoms with van der Waals surface area (Å²) in [6, 6.07) is 1.38. The molecule has 1 aromatic rings. The van der Waals surface area contributed by atoms with Crippen LogP contribution in [0.4, 0.5) is 0 Å². The summed E-state index contributed by atoms with van der Waals surface area (Å²) in [4.78, 5) is 22.3. The van der Waals surface area contributed by atoms with Crippen molar-refractivity contribution >= 4 is 0 Å². The SMILES string of the molecule is O=c1ccoc([C]23[CH]4[CH]5[CH]6[CH]2[Fe]56432789[CH]3[CH]2[CH]7[CH]8[CH]39)c1O. The van der Waals surface area contributed by atoms with E-state index in [0.29, 0.717) is 4.31 Å². The number of aromatic hydroxyl groups is 1. The Morgan fingerprint density at radius 2 is 1.63 bits per heavy atom. The van der Waals surface area contributed by atoms with Crippen LogP contribution in [0, 0.1) is 0 Å². The normalized spacial score (nSPS) is 108. The van der Waals surface area contributed by atoms with Gasteiger partial charge in [-0.1, -0.05) is 0 Å². The monoisotopic (exact) mass is 296 g/mol. The predicted octanol–water partition coefficient (Wildman–Crippen LogP) is 3.14. The van der Waals surface area contributed by atoms with Crippen molar-refractivity contribution < 1.29 is 16.0 Å². The second-order valence-corrected chi connectivity index (χ2v) is 34.7. The van der Waals surface area contributed by atoms with Crippen molar-refractivity contribution in [2.24, 2.45) is 0 Å². The molecule has 1 spiro atoms. The first-order valence-corrected chi connectivity index (χ1v) is 13.8. The van der Waals surface area contributed by atoms with Crippen LogP contribution in [-0.2, 0) is 10.8 Å². The van der Waals surface area contributed by atoms with Crippen LogP contribution in [0.25, 0.3) is 0 Å². The van der Waals surface area contributed by atoms with Crippen molar-refractivity contribution in [2.75, 3.05) is 0 Å². The first-order valence-electron chi connectivity index (χ1n) is 7.50. The van der Waals surface area contributed by atoms with E-state index in [1.54, 1.807) is 6.26 Å². The molecule has 11 heterocycles. The zero-order valence-electron chi connectivity index (χ0n) is 9.97. The fourth-order valence-electron chi connectivity index (χ4n) is 17.5. The molecular formula is C15H12FeO3. The third kappa shape index (κ3) is 0.0746. The second kappa shape index (κ2) is 0.574. The molecule has 0 aliphatic carbocycles. The number of fused-ring (bicyclic) bond motifs is 10. The number of hydrogen-bond acceptors (Lipinski definition) is 3. The molecule has 11 rings (SSSR count). The Kier molecular flexibility index (Phi) is 0.206. The molecule has 0 bridgehead atoms. The third-order valence-electron chi connectivity index (χ3n) is 15.9. The van der Waals surface area contributed by atoms with Crippen LogP contribution in [0.1, 0.15) is 5.76 Å². The third-order valence-corrected chi connectivity index (χ3v) is 58.2. The topological polar surface area (TPSA) is 50.4 Å². The molecule has 10 aliphatic heterocycles. The van der Waals surface area contributed by atoms with E-state index in [1.807, 2.05) is 0 Å². The van der Waals surface area contributed by atoms with E-state index in [-0.39, 0.29) is 11.2 Å². The van der Waals surface area contributed by atoms with E-state index >= 15 is 0 Å². The maximum atomic E-state index is 11.9. The van der Waals surface area contributed by atoms with E-state index in [1.165, 1.54) is 39.8 Å². The van der Waals surface area contributed by atoms with E-state index in [9.17, 15) is 9.90 Å². The summed E-state index contributed by atoms with van der Waals surface area (Å²) in [5, 5.41) is 10.4. The molecule has 0 amide bonds. The van der Waals surface area contributed by atoms with Crippen molar-refractivity contribution in [1.82, 2.24) is 0 Å². The first kappa shape index (κ1) is 6.82. The van der Waals surface area contributed by atoms with Gasteiger partial charge in [-0.2, -0.15) is 0 Å². The van der Waals surface area contributed by atoms with Crippen molar-refractivity contribution in [2.45, 2.75) is 47.7 Å². The molecule has 0 radical (unpaired) electrons. The summed E-state index contributed by atoms with van der Waals surface area (Å²) in [5.74, 6) is 0.807. The molecule has 10 aliphatic rings. The van der Waals surface area contributed by atoms with Crippen LogP contribution in [0.3, 0.4) is 0 Å². The van der Waals surface area contributed by atoms with E-state index in [0.717, 1.165) is 15.4 Å². The van der Waals surface area contributed by atoms with Crippen molar-refractivity contribution in [1.29, 1.82) is 0 Å². The molecule has 3 nitrogen and oxygen atoms in total. The fraction of sp³-hybridized carbons (Fsp3) is 0.667. The van der Waals surface area contributed by atoms with Gasteiger partial charge in [0.05, 0.1) is 0 Å². The van der Waals surface area contributed by atoms with Crippen LogP contribution in [0.15, 0.2) is 21.5 Å². The van der Waals surface area contributed by atoms with Gasteiger partial charge in [-0.15, -0.1) is 0 Å². The minimum absolute atomic E-state index is 0.00412. The first-order chi connectivity index (χ1) is 8.97. The summed E-state index contributed by atoms with van der Waals surface area (Å²) in [6.45, 7) is -3.28. The zero-order valence-corrected chi connectivity index (χ0v) is 11.1. The van der Waals surface area contributed by atoms with Gasteiger partial charge in [-0.3, -0.25) is 0 Å². The quantitative estimate of drug-likeness (QED) is 0.810. The van der Waals surface area contributed by atoms with Gasteiger partial charge in [0.1, 0.15) is 0 Å². The van der Waals surface area contributed by atoms with Crippen LogP contribution >= 0.6 is 0 Å². The van der Waals surface area contributed by atoms with Gasteiger partial charge in [0.15, 0.2) is 0 Å². The minimum atomic E-state index is -3.28. The summed E-state index contributed by atoms with van der Waals surface area (Å²) in [7, 11) is 0. The molecule has 0 saturated carbocycles. The van der Waals surface area contributed by atoms with Crippen LogP contribution < -0.4 is 5.43 Å². The van der Waals surface area contributed by atoms with Crippen molar-refractivity contribution in [3.63, 3.8) is 0 Å². The Morgan fingerprint density at radius 3 is 2.05 bits per heavy atom. The Bertz CT molecular complexity index is 1190. The molecule has 10 fully saturated rings. The molecule has 4 heteroatoms. The van der Waals surface area contributed by atoms with Crippen molar-refractivity contribution in [3.8, 4) is 5.75 Å². The molecule has 10 saturated heterocycles.